The van der Waals surface area contributed by atoms with Crippen LogP contribution in [0.15, 0.2) is 11.9 Å². The van der Waals surface area contributed by atoms with Gasteiger partial charge in [0.15, 0.2) is 0 Å². The zero-order valence-corrected chi connectivity index (χ0v) is 4.58. The number of allylic oxidation sites excluding steroid dienone is 2. The van der Waals surface area contributed by atoms with Crippen LogP contribution < -0.4 is 0 Å². The van der Waals surface area contributed by atoms with Crippen LogP contribution in [-0.2, 0) is 0 Å². The van der Waals surface area contributed by atoms with Crippen molar-refractivity contribution in [3.05, 3.63) is 18.8 Å². The molecule has 0 aliphatic heterocycles. The van der Waals surface area contributed by atoms with E-state index in [-0.39, 0.29) is 5.83 Å². The lowest BCUT2D eigenvalue weighted by Gasteiger charge is -1.86. The van der Waals surface area contributed by atoms with Gasteiger partial charge in [-0.2, -0.15) is 0 Å². The van der Waals surface area contributed by atoms with Crippen LogP contribution in [-0.4, -0.2) is 0 Å². The zero-order chi connectivity index (χ0) is 5.70. The van der Waals surface area contributed by atoms with E-state index < -0.39 is 0 Å². The summed E-state index contributed by atoms with van der Waals surface area (Å²) in [5.74, 6) is -0.109. The first-order chi connectivity index (χ1) is 3.31. The van der Waals surface area contributed by atoms with E-state index in [0.717, 1.165) is 6.42 Å². The summed E-state index contributed by atoms with van der Waals surface area (Å²) in [7, 11) is 0. The Morgan fingerprint density at radius 1 is 1.86 bits per heavy atom. The first-order valence-corrected chi connectivity index (χ1v) is 2.45. The van der Waals surface area contributed by atoms with Gasteiger partial charge >= 0.3 is 0 Å². The molecule has 0 rings (SSSR count). The summed E-state index contributed by atoms with van der Waals surface area (Å²) in [6.07, 6.45) is 2.64. The summed E-state index contributed by atoms with van der Waals surface area (Å²) in [4.78, 5) is 0. The van der Waals surface area contributed by atoms with Gasteiger partial charge < -0.3 is 0 Å². The van der Waals surface area contributed by atoms with Crippen molar-refractivity contribution < 1.29 is 4.39 Å². The van der Waals surface area contributed by atoms with Crippen LogP contribution >= 0.6 is 0 Å². The minimum atomic E-state index is -0.109. The van der Waals surface area contributed by atoms with Gasteiger partial charge in [-0.25, -0.2) is 4.39 Å². The third-order valence-electron chi connectivity index (χ3n) is 0.710. The predicted octanol–water partition coefficient (Wildman–Crippen LogP) is 2.47. The van der Waals surface area contributed by atoms with Crippen molar-refractivity contribution in [2.75, 3.05) is 0 Å². The number of rotatable bonds is 2. The van der Waals surface area contributed by atoms with Crippen LogP contribution in [0.5, 0.6) is 0 Å². The van der Waals surface area contributed by atoms with Gasteiger partial charge in [0.2, 0.25) is 0 Å². The molecule has 1 heteroatoms. The summed E-state index contributed by atoms with van der Waals surface area (Å²) in [5, 5.41) is 0. The van der Waals surface area contributed by atoms with E-state index >= 15 is 0 Å². The van der Waals surface area contributed by atoms with Crippen molar-refractivity contribution in [2.45, 2.75) is 19.8 Å². The topological polar surface area (TPSA) is 0 Å². The fourth-order valence-corrected chi connectivity index (χ4v) is 0.341. The lowest BCUT2D eigenvalue weighted by atomic mass is 10.3. The molecule has 0 spiro atoms. The van der Waals surface area contributed by atoms with Gasteiger partial charge in [0, 0.05) is 0 Å². The van der Waals surface area contributed by atoms with Crippen LogP contribution in [0.3, 0.4) is 0 Å². The van der Waals surface area contributed by atoms with Crippen LogP contribution in [0.2, 0.25) is 0 Å². The summed E-state index contributed by atoms with van der Waals surface area (Å²) < 4.78 is 11.9. The van der Waals surface area contributed by atoms with Crippen molar-refractivity contribution in [2.24, 2.45) is 0 Å². The highest BCUT2D eigenvalue weighted by molar-refractivity contribution is 4.92. The lowest BCUT2D eigenvalue weighted by molar-refractivity contribution is 0.584. The smallest absolute Gasteiger partial charge is 0.0959 e. The largest absolute Gasteiger partial charge is 0.212 e. The van der Waals surface area contributed by atoms with Crippen LogP contribution in [0.4, 0.5) is 4.39 Å². The normalized spacial score (nSPS) is 12.1. The Kier molecular flexibility index (Phi) is 3.67. The average molecular weight is 101 g/mol. The molecule has 0 N–H and O–H groups in total. The summed E-state index contributed by atoms with van der Waals surface area (Å²) in [6.45, 7) is 5.20. The van der Waals surface area contributed by atoms with E-state index in [1.165, 1.54) is 6.08 Å². The molecule has 0 bridgehead atoms. The standard InChI is InChI=1S/C6H10F/c1-3-5-6(7)4-2/h4H,2-3,5H2,1H3. The number of hydrogen-bond donors (Lipinski definition) is 0. The van der Waals surface area contributed by atoms with E-state index in [9.17, 15) is 4.39 Å². The summed E-state index contributed by atoms with van der Waals surface area (Å²) in [5.41, 5.74) is 0. The molecular formula is C6H10F. The van der Waals surface area contributed by atoms with Crippen LogP contribution in [0, 0.1) is 6.92 Å². The first-order valence-electron chi connectivity index (χ1n) is 2.45. The van der Waals surface area contributed by atoms with Gasteiger partial charge in [0.1, 0.15) is 0 Å². The van der Waals surface area contributed by atoms with Crippen LogP contribution in [0.1, 0.15) is 19.8 Å². The van der Waals surface area contributed by atoms with Crippen molar-refractivity contribution in [3.8, 4) is 0 Å². The fraction of sp³-hybridized carbons (Fsp3) is 0.500. The molecule has 0 unspecified atom stereocenters. The van der Waals surface area contributed by atoms with Crippen molar-refractivity contribution in [1.29, 1.82) is 0 Å². The molecule has 0 atom stereocenters. The third kappa shape index (κ3) is 3.50. The van der Waals surface area contributed by atoms with Crippen LogP contribution in [0.25, 0.3) is 0 Å². The molecule has 0 aromatic heterocycles. The molecule has 0 amide bonds. The number of hydrogen-bond acceptors (Lipinski definition) is 0. The third-order valence-corrected chi connectivity index (χ3v) is 0.710. The maximum atomic E-state index is 11.9. The van der Waals surface area contributed by atoms with E-state index in [0.29, 0.717) is 6.42 Å². The Hall–Kier alpha value is -0.330. The molecule has 0 saturated heterocycles. The number of halogens is 1. The molecule has 0 fully saturated rings. The SMILES string of the molecule is [CH2]C=C(F)CCC. The van der Waals surface area contributed by atoms with Crippen molar-refractivity contribution in [1.82, 2.24) is 0 Å². The molecule has 0 heterocycles. The zero-order valence-electron chi connectivity index (χ0n) is 4.58. The van der Waals surface area contributed by atoms with E-state index in [1.807, 2.05) is 6.92 Å². The molecule has 1 radical (unpaired) electrons. The Bertz CT molecular complexity index is 64.6. The Morgan fingerprint density at radius 3 is 2.57 bits per heavy atom. The highest BCUT2D eigenvalue weighted by Crippen LogP contribution is 2.03. The molecular weight excluding hydrogens is 91.1 g/mol. The summed E-state index contributed by atoms with van der Waals surface area (Å²) in [6, 6.07) is 0. The molecule has 41 valence electrons. The van der Waals surface area contributed by atoms with Gasteiger partial charge in [-0.15, -0.1) is 0 Å². The fourth-order valence-electron chi connectivity index (χ4n) is 0.341. The monoisotopic (exact) mass is 101 g/mol. The highest BCUT2D eigenvalue weighted by atomic mass is 19.1. The second kappa shape index (κ2) is 3.85. The Morgan fingerprint density at radius 2 is 2.43 bits per heavy atom. The van der Waals surface area contributed by atoms with Gasteiger partial charge in [0.05, 0.1) is 5.83 Å². The van der Waals surface area contributed by atoms with Crippen molar-refractivity contribution >= 4 is 0 Å². The second-order valence-electron chi connectivity index (χ2n) is 1.40. The van der Waals surface area contributed by atoms with Gasteiger partial charge in [-0.05, 0) is 19.8 Å². The second-order valence-corrected chi connectivity index (χ2v) is 1.40. The highest BCUT2D eigenvalue weighted by Gasteiger charge is 1.85. The molecule has 0 aromatic carbocycles. The van der Waals surface area contributed by atoms with E-state index in [2.05, 4.69) is 6.92 Å². The van der Waals surface area contributed by atoms with Gasteiger partial charge in [-0.3, -0.25) is 0 Å². The molecule has 0 nitrogen and oxygen atoms in total. The van der Waals surface area contributed by atoms with Gasteiger partial charge in [-0.1, -0.05) is 13.0 Å². The Labute approximate surface area is 44.0 Å². The molecule has 0 aromatic rings. The maximum absolute atomic E-state index is 11.9. The predicted molar refractivity (Wildman–Crippen MR) is 29.5 cm³/mol. The minimum absolute atomic E-state index is 0.109. The first kappa shape index (κ1) is 6.67. The molecule has 0 aliphatic rings. The van der Waals surface area contributed by atoms with Gasteiger partial charge in [0.25, 0.3) is 0 Å². The average Bonchev–Trinajstić information content (AvgIpc) is 1.68. The molecule has 0 saturated carbocycles. The molecule has 0 aliphatic carbocycles. The Balaban J connectivity index is 3.17. The van der Waals surface area contributed by atoms with E-state index in [4.69, 9.17) is 0 Å². The maximum Gasteiger partial charge on any atom is 0.0959 e. The van der Waals surface area contributed by atoms with E-state index in [1.54, 1.807) is 0 Å². The quantitative estimate of drug-likeness (QED) is 0.501. The molecule has 7 heavy (non-hydrogen) atoms. The minimum Gasteiger partial charge on any atom is -0.212 e. The van der Waals surface area contributed by atoms with Crippen molar-refractivity contribution in [3.63, 3.8) is 0 Å². The summed E-state index contributed by atoms with van der Waals surface area (Å²) >= 11 is 0. The lowest BCUT2D eigenvalue weighted by Crippen LogP contribution is -1.68.